The Kier molecular flexibility index (Phi) is 9.23. The van der Waals surface area contributed by atoms with Gasteiger partial charge < -0.3 is 24.8 Å². The summed E-state index contributed by atoms with van der Waals surface area (Å²) in [6.45, 7) is 3.95. The zero-order valence-electron chi connectivity index (χ0n) is 16.9. The van der Waals surface area contributed by atoms with Crippen molar-refractivity contribution in [2.24, 2.45) is 5.92 Å². The van der Waals surface area contributed by atoms with Gasteiger partial charge in [0.05, 0.1) is 26.4 Å². The van der Waals surface area contributed by atoms with Gasteiger partial charge in [-0.1, -0.05) is 19.1 Å². The van der Waals surface area contributed by atoms with Gasteiger partial charge in [-0.05, 0) is 37.0 Å². The van der Waals surface area contributed by atoms with Crippen LogP contribution >= 0.6 is 0 Å². The van der Waals surface area contributed by atoms with Crippen molar-refractivity contribution in [1.82, 2.24) is 10.2 Å². The van der Waals surface area contributed by atoms with Crippen LogP contribution in [-0.2, 0) is 20.9 Å². The normalized spacial score (nSPS) is 15.9. The zero-order valence-corrected chi connectivity index (χ0v) is 16.9. The van der Waals surface area contributed by atoms with Crippen LogP contribution in [0.15, 0.2) is 24.3 Å². The number of aliphatic hydroxyl groups is 1. The predicted molar refractivity (Wildman–Crippen MR) is 106 cm³/mol. The molecule has 1 heterocycles. The zero-order chi connectivity index (χ0) is 20.4. The molecule has 1 aliphatic heterocycles. The highest BCUT2D eigenvalue weighted by molar-refractivity contribution is 5.80. The van der Waals surface area contributed by atoms with Crippen molar-refractivity contribution in [3.05, 3.63) is 29.8 Å². The van der Waals surface area contributed by atoms with E-state index in [1.165, 1.54) is 0 Å². The summed E-state index contributed by atoms with van der Waals surface area (Å²) >= 11 is 0. The molecule has 0 saturated carbocycles. The lowest BCUT2D eigenvalue weighted by Crippen LogP contribution is -2.44. The number of aliphatic hydroxyl groups excluding tert-OH is 1. The molecule has 7 nitrogen and oxygen atoms in total. The Hall–Kier alpha value is -2.12. The summed E-state index contributed by atoms with van der Waals surface area (Å²) in [5.41, 5.74) is 0.987. The molecule has 1 aromatic rings. The Morgan fingerprint density at radius 3 is 2.54 bits per heavy atom. The van der Waals surface area contributed by atoms with E-state index >= 15 is 0 Å². The fraction of sp³-hybridized carbons (Fsp3) is 0.619. The van der Waals surface area contributed by atoms with E-state index in [-0.39, 0.29) is 30.9 Å². The maximum absolute atomic E-state index is 12.3. The fourth-order valence-corrected chi connectivity index (χ4v) is 3.22. The molecule has 2 N–H and O–H groups in total. The minimum atomic E-state index is -0.756. The van der Waals surface area contributed by atoms with Crippen LogP contribution in [0.5, 0.6) is 5.75 Å². The number of nitrogens with one attached hydrogen (secondary N) is 1. The second-order valence-corrected chi connectivity index (χ2v) is 7.17. The number of amides is 2. The Morgan fingerprint density at radius 1 is 1.25 bits per heavy atom. The third kappa shape index (κ3) is 7.13. The summed E-state index contributed by atoms with van der Waals surface area (Å²) in [5, 5.41) is 12.8. The van der Waals surface area contributed by atoms with Crippen LogP contribution < -0.4 is 10.1 Å². The average molecular weight is 392 g/mol. The van der Waals surface area contributed by atoms with E-state index in [4.69, 9.17) is 9.47 Å². The molecule has 1 saturated heterocycles. The first-order valence-electron chi connectivity index (χ1n) is 9.97. The highest BCUT2D eigenvalue weighted by atomic mass is 16.5. The van der Waals surface area contributed by atoms with Crippen LogP contribution in [0, 0.1) is 5.92 Å². The topological polar surface area (TPSA) is 88.1 Å². The Labute approximate surface area is 167 Å². The molecule has 0 bridgehead atoms. The molecule has 0 spiro atoms. The summed E-state index contributed by atoms with van der Waals surface area (Å²) in [5.74, 6) is 0.799. The number of methoxy groups -OCH3 is 1. The summed E-state index contributed by atoms with van der Waals surface area (Å²) in [6, 6.07) is 7.53. The van der Waals surface area contributed by atoms with Gasteiger partial charge in [0.1, 0.15) is 5.75 Å². The second kappa shape index (κ2) is 11.7. The third-order valence-corrected chi connectivity index (χ3v) is 4.93. The van der Waals surface area contributed by atoms with Crippen molar-refractivity contribution in [1.29, 1.82) is 0 Å². The number of benzene rings is 1. The van der Waals surface area contributed by atoms with Crippen molar-refractivity contribution in [3.8, 4) is 5.75 Å². The molecule has 1 fully saturated rings. The van der Waals surface area contributed by atoms with Crippen LogP contribution in [0.1, 0.15) is 38.2 Å². The lowest BCUT2D eigenvalue weighted by atomic mass is 9.95. The first-order valence-corrected chi connectivity index (χ1v) is 9.97. The number of hydrogen-bond donors (Lipinski definition) is 2. The maximum Gasteiger partial charge on any atom is 0.223 e. The molecule has 156 valence electrons. The first-order chi connectivity index (χ1) is 13.5. The van der Waals surface area contributed by atoms with Crippen LogP contribution in [-0.4, -0.2) is 61.3 Å². The summed E-state index contributed by atoms with van der Waals surface area (Å²) in [6.07, 6.45) is 2.00. The number of nitrogens with zero attached hydrogens (tertiary/aromatic N) is 1. The number of hydrogen-bond acceptors (Lipinski definition) is 5. The molecular formula is C21H32N2O5. The molecule has 2 rings (SSSR count). The molecule has 1 aliphatic rings. The van der Waals surface area contributed by atoms with Crippen LogP contribution in [0.3, 0.4) is 0 Å². The van der Waals surface area contributed by atoms with Gasteiger partial charge in [-0.15, -0.1) is 0 Å². The van der Waals surface area contributed by atoms with E-state index < -0.39 is 6.10 Å². The number of ether oxygens (including phenoxy) is 2. The third-order valence-electron chi connectivity index (χ3n) is 4.93. The molecule has 0 aliphatic carbocycles. The van der Waals surface area contributed by atoms with Crippen molar-refractivity contribution >= 4 is 11.8 Å². The monoisotopic (exact) mass is 392 g/mol. The molecule has 7 heteroatoms. The SMILES string of the molecule is CCCC(=O)N1CCC(C(=O)NCC(O)COCc2ccc(OC)cc2)CC1. The summed E-state index contributed by atoms with van der Waals surface area (Å²) in [7, 11) is 1.62. The van der Waals surface area contributed by atoms with Crippen molar-refractivity contribution < 1.29 is 24.2 Å². The Morgan fingerprint density at radius 2 is 1.93 bits per heavy atom. The fourth-order valence-electron chi connectivity index (χ4n) is 3.22. The summed E-state index contributed by atoms with van der Waals surface area (Å²) in [4.78, 5) is 26.0. The Bertz CT molecular complexity index is 612. The molecule has 0 aromatic heterocycles. The lowest BCUT2D eigenvalue weighted by molar-refractivity contribution is -0.135. The molecule has 28 heavy (non-hydrogen) atoms. The smallest absolute Gasteiger partial charge is 0.223 e. The molecule has 1 unspecified atom stereocenters. The number of rotatable bonds is 10. The van der Waals surface area contributed by atoms with Crippen molar-refractivity contribution in [2.75, 3.05) is 33.4 Å². The Balaban J connectivity index is 1.61. The van der Waals surface area contributed by atoms with Crippen LogP contribution in [0.4, 0.5) is 0 Å². The molecule has 1 aromatic carbocycles. The number of likely N-dealkylation sites (tertiary alicyclic amines) is 1. The molecule has 0 radical (unpaired) electrons. The minimum Gasteiger partial charge on any atom is -0.497 e. The van der Waals surface area contributed by atoms with Gasteiger partial charge >= 0.3 is 0 Å². The molecular weight excluding hydrogens is 360 g/mol. The lowest BCUT2D eigenvalue weighted by Gasteiger charge is -2.31. The quantitative estimate of drug-likeness (QED) is 0.633. The van der Waals surface area contributed by atoms with E-state index in [1.807, 2.05) is 36.1 Å². The number of carbonyl (C=O) groups excluding carboxylic acids is 2. The van der Waals surface area contributed by atoms with Gasteiger partial charge in [-0.3, -0.25) is 9.59 Å². The standard InChI is InChI=1S/C21H32N2O5/c1-3-4-20(25)23-11-9-17(10-12-23)21(26)22-13-18(24)15-28-14-16-5-7-19(27-2)8-6-16/h5-8,17-18,24H,3-4,9-15H2,1-2H3,(H,22,26). The van der Waals surface area contributed by atoms with E-state index in [2.05, 4.69) is 5.32 Å². The highest BCUT2D eigenvalue weighted by Gasteiger charge is 2.27. The van der Waals surface area contributed by atoms with Crippen LogP contribution in [0.2, 0.25) is 0 Å². The number of carbonyl (C=O) groups is 2. The van der Waals surface area contributed by atoms with E-state index in [0.29, 0.717) is 39.0 Å². The van der Waals surface area contributed by atoms with E-state index in [1.54, 1.807) is 7.11 Å². The van der Waals surface area contributed by atoms with E-state index in [0.717, 1.165) is 17.7 Å². The van der Waals surface area contributed by atoms with Gasteiger partial charge in [0.2, 0.25) is 11.8 Å². The summed E-state index contributed by atoms with van der Waals surface area (Å²) < 4.78 is 10.6. The van der Waals surface area contributed by atoms with Crippen molar-refractivity contribution in [2.45, 2.75) is 45.3 Å². The predicted octanol–water partition coefficient (Wildman–Crippen LogP) is 1.73. The van der Waals surface area contributed by atoms with Crippen LogP contribution in [0.25, 0.3) is 0 Å². The minimum absolute atomic E-state index is 0.0585. The van der Waals surface area contributed by atoms with Gasteiger partial charge in [0, 0.05) is 32.0 Å². The van der Waals surface area contributed by atoms with Gasteiger partial charge in [0.25, 0.3) is 0 Å². The van der Waals surface area contributed by atoms with Gasteiger partial charge in [-0.25, -0.2) is 0 Å². The largest absolute Gasteiger partial charge is 0.497 e. The highest BCUT2D eigenvalue weighted by Crippen LogP contribution is 2.18. The maximum atomic E-state index is 12.3. The van der Waals surface area contributed by atoms with Gasteiger partial charge in [0.15, 0.2) is 0 Å². The van der Waals surface area contributed by atoms with Crippen molar-refractivity contribution in [3.63, 3.8) is 0 Å². The second-order valence-electron chi connectivity index (χ2n) is 7.17. The first kappa shape index (κ1) is 22.2. The van der Waals surface area contributed by atoms with Gasteiger partial charge in [-0.2, -0.15) is 0 Å². The molecule has 1 atom stereocenters. The van der Waals surface area contributed by atoms with E-state index in [9.17, 15) is 14.7 Å². The number of piperidine rings is 1. The average Bonchev–Trinajstić information content (AvgIpc) is 2.73. The molecule has 2 amide bonds.